The molecule has 1 unspecified atom stereocenters. The monoisotopic (exact) mass is 336 g/mol. The van der Waals surface area contributed by atoms with E-state index in [1.807, 2.05) is 0 Å². The molecule has 1 aliphatic carbocycles. The molecule has 1 saturated heterocycles. The number of rotatable bonds is 5. The van der Waals surface area contributed by atoms with E-state index >= 15 is 0 Å². The van der Waals surface area contributed by atoms with Crippen LogP contribution in [-0.2, 0) is 6.54 Å². The minimum Gasteiger partial charge on any atom is -0.396 e. The van der Waals surface area contributed by atoms with Crippen molar-refractivity contribution in [2.75, 3.05) is 27.2 Å². The number of hydrogen-bond donors (Lipinski definition) is 1. The number of nitrogens with zero attached hydrogens (tertiary/aromatic N) is 2. The number of hydrogen-bond acceptors (Lipinski definition) is 3. The van der Waals surface area contributed by atoms with Crippen molar-refractivity contribution in [1.82, 2.24) is 9.80 Å². The van der Waals surface area contributed by atoms with Gasteiger partial charge in [-0.2, -0.15) is 0 Å². The first-order valence-electron chi connectivity index (χ1n) is 9.31. The molecule has 25 heavy (non-hydrogen) atoms. The zero-order valence-electron chi connectivity index (χ0n) is 15.1. The minimum absolute atomic E-state index is 0.296. The van der Waals surface area contributed by atoms with E-state index in [4.69, 9.17) is 0 Å². The topological polar surface area (TPSA) is 26.7 Å². The van der Waals surface area contributed by atoms with Crippen molar-refractivity contribution in [2.24, 2.45) is 17.8 Å². The molecule has 2 aliphatic rings. The lowest BCUT2D eigenvalue weighted by Gasteiger charge is -2.52. The van der Waals surface area contributed by atoms with Gasteiger partial charge in [0.05, 0.1) is 0 Å². The third-order valence-corrected chi connectivity index (χ3v) is 6.26. The Morgan fingerprint density at radius 3 is 2.24 bits per heavy atom. The van der Waals surface area contributed by atoms with E-state index in [9.17, 15) is 5.11 Å². The molecule has 1 heterocycles. The van der Waals surface area contributed by atoms with E-state index in [0.29, 0.717) is 36.4 Å². The summed E-state index contributed by atoms with van der Waals surface area (Å²) in [6, 6.07) is 22.6. The largest absolute Gasteiger partial charge is 0.396 e. The smallest absolute Gasteiger partial charge is 0.0477 e. The van der Waals surface area contributed by atoms with E-state index in [1.165, 1.54) is 11.1 Å². The molecular formula is C22H28N2O. The van der Waals surface area contributed by atoms with Crippen LogP contribution in [-0.4, -0.2) is 48.2 Å². The first-order chi connectivity index (χ1) is 12.2. The fraction of sp³-hybridized carbons (Fsp3) is 0.455. The Labute approximate surface area is 150 Å². The lowest BCUT2D eigenvalue weighted by atomic mass is 9.59. The highest BCUT2D eigenvalue weighted by atomic mass is 16.3. The van der Waals surface area contributed by atoms with Gasteiger partial charge in [0, 0.05) is 37.7 Å². The zero-order chi connectivity index (χ0) is 17.4. The van der Waals surface area contributed by atoms with Crippen LogP contribution in [0.25, 0.3) is 0 Å². The standard InChI is InChI=1S/C22H28N2O/c1-23(2)22-19(15-25)18-14-24(13-16-9-5-3-6-10-16)21(20(18)22)17-11-7-4-8-12-17/h3-12,18-22,25H,13-15H2,1-2H3/t18-,19+,20+,21-,22?/m0/s1. The number of likely N-dealkylation sites (tertiary alicyclic amines) is 1. The van der Waals surface area contributed by atoms with Crippen LogP contribution in [0, 0.1) is 17.8 Å². The molecule has 0 amide bonds. The first kappa shape index (κ1) is 16.8. The summed E-state index contributed by atoms with van der Waals surface area (Å²) in [5.74, 6) is 1.58. The quantitative estimate of drug-likeness (QED) is 0.909. The molecule has 0 spiro atoms. The van der Waals surface area contributed by atoms with E-state index in [-0.39, 0.29) is 0 Å². The molecule has 1 N–H and O–H groups in total. The van der Waals surface area contributed by atoms with Crippen LogP contribution in [0.5, 0.6) is 0 Å². The van der Waals surface area contributed by atoms with Crippen molar-refractivity contribution in [2.45, 2.75) is 18.6 Å². The second-order valence-electron chi connectivity index (χ2n) is 7.81. The minimum atomic E-state index is 0.296. The van der Waals surface area contributed by atoms with Crippen LogP contribution in [0.4, 0.5) is 0 Å². The summed E-state index contributed by atoms with van der Waals surface area (Å²) in [4.78, 5) is 4.95. The lowest BCUT2D eigenvalue weighted by molar-refractivity contribution is -0.0554. The highest BCUT2D eigenvalue weighted by Crippen LogP contribution is 2.56. The van der Waals surface area contributed by atoms with Gasteiger partial charge in [0.2, 0.25) is 0 Å². The molecule has 2 aromatic carbocycles. The van der Waals surface area contributed by atoms with E-state index in [2.05, 4.69) is 84.6 Å². The average Bonchev–Trinajstić information content (AvgIpc) is 2.91. The second-order valence-corrected chi connectivity index (χ2v) is 7.81. The third-order valence-electron chi connectivity index (χ3n) is 6.26. The summed E-state index contributed by atoms with van der Waals surface area (Å²) in [6.45, 7) is 2.35. The molecule has 5 atom stereocenters. The molecule has 1 aliphatic heterocycles. The lowest BCUT2D eigenvalue weighted by Crippen LogP contribution is -2.59. The van der Waals surface area contributed by atoms with Gasteiger partial charge in [-0.15, -0.1) is 0 Å². The van der Waals surface area contributed by atoms with Gasteiger partial charge in [0.15, 0.2) is 0 Å². The van der Waals surface area contributed by atoms with Crippen molar-refractivity contribution in [3.63, 3.8) is 0 Å². The molecular weight excluding hydrogens is 308 g/mol. The van der Waals surface area contributed by atoms with Gasteiger partial charge < -0.3 is 10.0 Å². The molecule has 132 valence electrons. The summed E-state index contributed by atoms with van der Waals surface area (Å²) in [7, 11) is 4.32. The Balaban J connectivity index is 1.66. The number of aliphatic hydroxyl groups excluding tert-OH is 1. The molecule has 4 rings (SSSR count). The highest BCUT2D eigenvalue weighted by Gasteiger charge is 2.59. The average molecular weight is 336 g/mol. The van der Waals surface area contributed by atoms with Gasteiger partial charge in [-0.1, -0.05) is 60.7 Å². The number of aliphatic hydroxyl groups is 1. The van der Waals surface area contributed by atoms with Gasteiger partial charge in [-0.05, 0) is 37.1 Å². The van der Waals surface area contributed by atoms with Crippen molar-refractivity contribution < 1.29 is 5.11 Å². The number of fused-ring (bicyclic) bond motifs is 1. The van der Waals surface area contributed by atoms with Crippen LogP contribution in [0.2, 0.25) is 0 Å². The summed E-state index contributed by atoms with van der Waals surface area (Å²) >= 11 is 0. The Morgan fingerprint density at radius 2 is 1.64 bits per heavy atom. The van der Waals surface area contributed by atoms with Crippen molar-refractivity contribution >= 4 is 0 Å². The van der Waals surface area contributed by atoms with Crippen LogP contribution < -0.4 is 0 Å². The van der Waals surface area contributed by atoms with E-state index in [1.54, 1.807) is 0 Å². The molecule has 2 fully saturated rings. The molecule has 3 heteroatoms. The molecule has 3 nitrogen and oxygen atoms in total. The molecule has 0 aromatic heterocycles. The Kier molecular flexibility index (Phi) is 4.63. The van der Waals surface area contributed by atoms with Gasteiger partial charge in [-0.3, -0.25) is 4.90 Å². The summed E-state index contributed by atoms with van der Waals surface area (Å²) < 4.78 is 0. The summed E-state index contributed by atoms with van der Waals surface area (Å²) in [6.07, 6.45) is 0. The maximum atomic E-state index is 9.94. The van der Waals surface area contributed by atoms with Crippen molar-refractivity contribution in [3.05, 3.63) is 71.8 Å². The predicted molar refractivity (Wildman–Crippen MR) is 101 cm³/mol. The normalized spacial score (nSPS) is 31.8. The maximum absolute atomic E-state index is 9.94. The second kappa shape index (κ2) is 6.91. The summed E-state index contributed by atoms with van der Waals surface area (Å²) in [5.41, 5.74) is 2.78. The Morgan fingerprint density at radius 1 is 1.00 bits per heavy atom. The Hall–Kier alpha value is -1.68. The summed E-state index contributed by atoms with van der Waals surface area (Å²) in [5, 5.41) is 9.94. The van der Waals surface area contributed by atoms with Crippen LogP contribution in [0.15, 0.2) is 60.7 Å². The predicted octanol–water partition coefficient (Wildman–Crippen LogP) is 3.03. The van der Waals surface area contributed by atoms with Crippen molar-refractivity contribution in [3.8, 4) is 0 Å². The van der Waals surface area contributed by atoms with Crippen molar-refractivity contribution in [1.29, 1.82) is 0 Å². The van der Waals surface area contributed by atoms with E-state index in [0.717, 1.165) is 13.1 Å². The maximum Gasteiger partial charge on any atom is 0.0477 e. The molecule has 0 bridgehead atoms. The highest BCUT2D eigenvalue weighted by molar-refractivity contribution is 5.27. The fourth-order valence-corrected chi connectivity index (χ4v) is 5.27. The molecule has 2 aromatic rings. The Bertz CT molecular complexity index is 688. The molecule has 0 radical (unpaired) electrons. The third kappa shape index (κ3) is 2.91. The van der Waals surface area contributed by atoms with Gasteiger partial charge in [-0.25, -0.2) is 0 Å². The van der Waals surface area contributed by atoms with Gasteiger partial charge in [0.1, 0.15) is 0 Å². The van der Waals surface area contributed by atoms with Gasteiger partial charge in [0.25, 0.3) is 0 Å². The van der Waals surface area contributed by atoms with Crippen LogP contribution in [0.3, 0.4) is 0 Å². The van der Waals surface area contributed by atoms with Crippen LogP contribution in [0.1, 0.15) is 17.2 Å². The van der Waals surface area contributed by atoms with E-state index < -0.39 is 0 Å². The SMILES string of the molecule is CN(C)C1[C@@H]2[C@@H](CN(Cc3ccccc3)[C@H]2c2ccccc2)[C@H]1CO. The number of benzene rings is 2. The zero-order valence-corrected chi connectivity index (χ0v) is 15.1. The van der Waals surface area contributed by atoms with Gasteiger partial charge >= 0.3 is 0 Å². The first-order valence-corrected chi connectivity index (χ1v) is 9.31. The fourth-order valence-electron chi connectivity index (χ4n) is 5.27. The van der Waals surface area contributed by atoms with Crippen LogP contribution >= 0.6 is 0 Å². The molecule has 1 saturated carbocycles.